The zero-order valence-electron chi connectivity index (χ0n) is 14.8. The molecule has 0 unspecified atom stereocenters. The van der Waals surface area contributed by atoms with E-state index < -0.39 is 0 Å². The minimum Gasteiger partial charge on any atom is -0.300 e. The number of rotatable bonds is 3. The third kappa shape index (κ3) is 3.07. The van der Waals surface area contributed by atoms with Crippen molar-refractivity contribution in [3.8, 4) is 0 Å². The second kappa shape index (κ2) is 5.26. The lowest BCUT2D eigenvalue weighted by Gasteiger charge is -2.42. The van der Waals surface area contributed by atoms with Crippen molar-refractivity contribution >= 4 is 5.78 Å². The van der Waals surface area contributed by atoms with Crippen LogP contribution < -0.4 is 0 Å². The molecule has 1 aromatic carbocycles. The van der Waals surface area contributed by atoms with Crippen molar-refractivity contribution in [2.75, 3.05) is 0 Å². The third-order valence-electron chi connectivity index (χ3n) is 5.53. The predicted molar refractivity (Wildman–Crippen MR) is 90.0 cm³/mol. The smallest absolute Gasteiger partial charge is 0.132 e. The van der Waals surface area contributed by atoms with Gasteiger partial charge >= 0.3 is 0 Å². The van der Waals surface area contributed by atoms with E-state index in [4.69, 9.17) is 0 Å². The van der Waals surface area contributed by atoms with E-state index >= 15 is 0 Å². The number of hydrogen-bond acceptors (Lipinski definition) is 1. The Labute approximate surface area is 130 Å². The van der Waals surface area contributed by atoms with Crippen LogP contribution in [0.1, 0.15) is 76.6 Å². The number of carbonyl (C=O) groups excluding carboxylic acids is 1. The molecular formula is C20H30O. The first-order valence-corrected chi connectivity index (χ1v) is 8.19. The molecule has 0 saturated carbocycles. The molecule has 0 heterocycles. The number of hydrogen-bond donors (Lipinski definition) is 0. The van der Waals surface area contributed by atoms with Crippen molar-refractivity contribution in [2.24, 2.45) is 5.92 Å². The summed E-state index contributed by atoms with van der Waals surface area (Å²) in [5, 5.41) is 0. The van der Waals surface area contributed by atoms with Crippen molar-refractivity contribution < 1.29 is 4.79 Å². The first kappa shape index (κ1) is 16.3. The lowest BCUT2D eigenvalue weighted by atomic mass is 9.62. The molecule has 116 valence electrons. The molecule has 0 aliphatic heterocycles. The van der Waals surface area contributed by atoms with E-state index in [1.54, 1.807) is 6.92 Å². The average molecular weight is 286 g/mol. The number of ketones is 1. The highest BCUT2D eigenvalue weighted by molar-refractivity contribution is 5.78. The molecule has 0 radical (unpaired) electrons. The Morgan fingerprint density at radius 2 is 1.57 bits per heavy atom. The lowest BCUT2D eigenvalue weighted by molar-refractivity contribution is -0.120. The number of fused-ring (bicyclic) bond motifs is 1. The van der Waals surface area contributed by atoms with Gasteiger partial charge in [0.05, 0.1) is 0 Å². The Balaban J connectivity index is 2.51. The van der Waals surface area contributed by atoms with Crippen molar-refractivity contribution in [2.45, 2.75) is 78.6 Å². The lowest BCUT2D eigenvalue weighted by Crippen LogP contribution is -2.34. The first-order chi connectivity index (χ1) is 9.54. The Kier molecular flexibility index (Phi) is 4.08. The van der Waals surface area contributed by atoms with Crippen molar-refractivity contribution in [3.63, 3.8) is 0 Å². The molecule has 1 aromatic rings. The molecule has 0 saturated heterocycles. The maximum Gasteiger partial charge on any atom is 0.132 e. The molecule has 0 N–H and O–H groups in total. The Morgan fingerprint density at radius 1 is 1.10 bits per heavy atom. The van der Waals surface area contributed by atoms with Gasteiger partial charge < -0.3 is 0 Å². The fourth-order valence-electron chi connectivity index (χ4n) is 3.46. The van der Waals surface area contributed by atoms with Crippen LogP contribution in [0.15, 0.2) is 12.1 Å². The van der Waals surface area contributed by atoms with E-state index in [9.17, 15) is 4.79 Å². The van der Waals surface area contributed by atoms with Gasteiger partial charge in [0.15, 0.2) is 0 Å². The molecule has 1 aliphatic carbocycles. The maximum atomic E-state index is 11.6. The van der Waals surface area contributed by atoms with Crippen LogP contribution in [0.4, 0.5) is 0 Å². The Hall–Kier alpha value is -1.11. The van der Waals surface area contributed by atoms with E-state index in [1.165, 1.54) is 35.1 Å². The van der Waals surface area contributed by atoms with Gasteiger partial charge in [0, 0.05) is 5.92 Å². The van der Waals surface area contributed by atoms with E-state index in [0.29, 0.717) is 0 Å². The SMILES string of the molecule is CC(=O)[C@@H](C)Cc1cc2c(cc1C)C(C)(C)CCC2(C)C. The van der Waals surface area contributed by atoms with Crippen LogP contribution in [0, 0.1) is 12.8 Å². The minimum absolute atomic E-state index is 0.112. The van der Waals surface area contributed by atoms with Gasteiger partial charge in [-0.3, -0.25) is 4.79 Å². The first-order valence-electron chi connectivity index (χ1n) is 8.19. The Bertz CT molecular complexity index is 563. The maximum absolute atomic E-state index is 11.6. The summed E-state index contributed by atoms with van der Waals surface area (Å²) in [4.78, 5) is 11.6. The van der Waals surface area contributed by atoms with Crippen molar-refractivity contribution in [1.82, 2.24) is 0 Å². The monoisotopic (exact) mass is 286 g/mol. The minimum atomic E-state index is 0.112. The van der Waals surface area contributed by atoms with Crippen LogP contribution in [0.2, 0.25) is 0 Å². The summed E-state index contributed by atoms with van der Waals surface area (Å²) >= 11 is 0. The summed E-state index contributed by atoms with van der Waals surface area (Å²) in [7, 11) is 0. The van der Waals surface area contributed by atoms with Gasteiger partial charge in [0.2, 0.25) is 0 Å². The molecule has 2 rings (SSSR count). The molecule has 0 fully saturated rings. The normalized spacial score (nSPS) is 20.7. The molecule has 1 nitrogen and oxygen atoms in total. The van der Waals surface area contributed by atoms with Crippen LogP contribution in [-0.4, -0.2) is 5.78 Å². The molecule has 0 spiro atoms. The topological polar surface area (TPSA) is 17.1 Å². The highest BCUT2D eigenvalue weighted by Gasteiger charge is 2.37. The van der Waals surface area contributed by atoms with Gasteiger partial charge in [-0.15, -0.1) is 0 Å². The fraction of sp³-hybridized carbons (Fsp3) is 0.650. The summed E-state index contributed by atoms with van der Waals surface area (Å²) in [5.41, 5.74) is 6.20. The number of aryl methyl sites for hydroxylation is 1. The second-order valence-electron chi connectivity index (χ2n) is 8.31. The molecule has 1 atom stereocenters. The molecule has 1 aliphatic rings. The van der Waals surface area contributed by atoms with Gasteiger partial charge in [-0.1, -0.05) is 46.8 Å². The molecular weight excluding hydrogens is 256 g/mol. The highest BCUT2D eigenvalue weighted by Crippen LogP contribution is 2.46. The number of benzene rings is 1. The van der Waals surface area contributed by atoms with Gasteiger partial charge in [0.1, 0.15) is 5.78 Å². The van der Waals surface area contributed by atoms with Crippen LogP contribution in [0.3, 0.4) is 0 Å². The van der Waals surface area contributed by atoms with E-state index in [2.05, 4.69) is 46.8 Å². The van der Waals surface area contributed by atoms with Gasteiger partial charge in [-0.2, -0.15) is 0 Å². The number of carbonyl (C=O) groups is 1. The quantitative estimate of drug-likeness (QED) is 0.754. The summed E-state index contributed by atoms with van der Waals surface area (Å²) in [6.45, 7) is 15.4. The highest BCUT2D eigenvalue weighted by atomic mass is 16.1. The number of Topliss-reactive ketones (excluding diaryl/α,β-unsaturated/α-hetero) is 1. The molecule has 0 amide bonds. The van der Waals surface area contributed by atoms with E-state index in [0.717, 1.165) is 6.42 Å². The van der Waals surface area contributed by atoms with E-state index in [1.807, 2.05) is 6.92 Å². The summed E-state index contributed by atoms with van der Waals surface area (Å²) < 4.78 is 0. The zero-order valence-corrected chi connectivity index (χ0v) is 14.8. The van der Waals surface area contributed by atoms with Gasteiger partial charge in [-0.05, 0) is 66.2 Å². The molecule has 1 heteroatoms. The zero-order chi connectivity index (χ0) is 16.0. The van der Waals surface area contributed by atoms with Crippen LogP contribution >= 0.6 is 0 Å². The third-order valence-corrected chi connectivity index (χ3v) is 5.53. The van der Waals surface area contributed by atoms with Crippen LogP contribution in [0.5, 0.6) is 0 Å². The van der Waals surface area contributed by atoms with Gasteiger partial charge in [-0.25, -0.2) is 0 Å². The van der Waals surface area contributed by atoms with Crippen LogP contribution in [0.25, 0.3) is 0 Å². The largest absolute Gasteiger partial charge is 0.300 e. The van der Waals surface area contributed by atoms with Crippen LogP contribution in [-0.2, 0) is 22.0 Å². The summed E-state index contributed by atoms with van der Waals surface area (Å²) in [6.07, 6.45) is 3.35. The van der Waals surface area contributed by atoms with Crippen molar-refractivity contribution in [1.29, 1.82) is 0 Å². The summed E-state index contributed by atoms with van der Waals surface area (Å²) in [5.74, 6) is 0.396. The van der Waals surface area contributed by atoms with E-state index in [-0.39, 0.29) is 22.5 Å². The second-order valence-corrected chi connectivity index (χ2v) is 8.31. The molecule has 21 heavy (non-hydrogen) atoms. The van der Waals surface area contributed by atoms with Crippen molar-refractivity contribution in [3.05, 3.63) is 34.4 Å². The molecule has 0 aromatic heterocycles. The fourth-order valence-corrected chi connectivity index (χ4v) is 3.46. The standard InChI is InChI=1S/C20H30O/c1-13(15(3)21)10-16-12-18-17(11-14(16)2)19(4,5)8-9-20(18,6)7/h11-13H,8-10H2,1-7H3/t13-/m0/s1. The summed E-state index contributed by atoms with van der Waals surface area (Å²) in [6, 6.07) is 4.78. The average Bonchev–Trinajstić information content (AvgIpc) is 2.36. The predicted octanol–water partition coefficient (Wildman–Crippen LogP) is 5.11. The van der Waals surface area contributed by atoms with Gasteiger partial charge in [0.25, 0.3) is 0 Å². The molecule has 0 bridgehead atoms. The Morgan fingerprint density at radius 3 is 2.05 bits per heavy atom.